The van der Waals surface area contributed by atoms with E-state index in [0.29, 0.717) is 23.2 Å². The molecule has 1 aromatic heterocycles. The number of amides is 1. The fourth-order valence-electron chi connectivity index (χ4n) is 2.20. The summed E-state index contributed by atoms with van der Waals surface area (Å²) >= 11 is 1.17. The molecule has 1 aliphatic carbocycles. The van der Waals surface area contributed by atoms with Crippen molar-refractivity contribution in [1.82, 2.24) is 14.5 Å². The molecule has 104 valence electrons. The number of nitrogen functional groups attached to an aromatic ring is 1. The quantitative estimate of drug-likeness (QED) is 0.876. The van der Waals surface area contributed by atoms with Crippen molar-refractivity contribution < 1.29 is 4.79 Å². The maximum absolute atomic E-state index is 12.6. The molecule has 0 saturated heterocycles. The second-order valence-corrected chi connectivity index (χ2v) is 5.85. The Morgan fingerprint density at radius 3 is 2.90 bits per heavy atom. The summed E-state index contributed by atoms with van der Waals surface area (Å²) in [7, 11) is 0. The summed E-state index contributed by atoms with van der Waals surface area (Å²) in [5.41, 5.74) is 8.29. The number of carbonyl (C=O) groups excluding carboxylic acids is 1. The van der Waals surface area contributed by atoms with Crippen molar-refractivity contribution in [1.29, 1.82) is 0 Å². The van der Waals surface area contributed by atoms with Crippen LogP contribution in [0.25, 0.3) is 0 Å². The normalized spacial score (nSPS) is 14.2. The molecule has 20 heavy (non-hydrogen) atoms. The number of aryl methyl sites for hydroxylation is 1. The lowest BCUT2D eigenvalue weighted by Gasteiger charge is -2.22. The molecule has 1 heterocycles. The first-order valence-corrected chi connectivity index (χ1v) is 7.37. The van der Waals surface area contributed by atoms with Crippen LogP contribution < -0.4 is 5.73 Å². The molecule has 3 rings (SSSR count). The molecule has 1 aliphatic rings. The van der Waals surface area contributed by atoms with Crippen LogP contribution in [0.1, 0.15) is 33.8 Å². The predicted octanol–water partition coefficient (Wildman–Crippen LogP) is 2.23. The number of rotatable bonds is 4. The highest BCUT2D eigenvalue weighted by atomic mass is 32.1. The molecule has 1 aromatic carbocycles. The fourth-order valence-corrected chi connectivity index (χ4v) is 2.81. The molecule has 2 aromatic rings. The van der Waals surface area contributed by atoms with Gasteiger partial charge in [-0.05, 0) is 49.0 Å². The average Bonchev–Trinajstić information content (AvgIpc) is 3.17. The first-order valence-electron chi connectivity index (χ1n) is 6.59. The Bertz CT molecular complexity index is 636. The molecule has 0 atom stereocenters. The van der Waals surface area contributed by atoms with E-state index in [0.717, 1.165) is 24.1 Å². The zero-order chi connectivity index (χ0) is 14.1. The van der Waals surface area contributed by atoms with E-state index in [-0.39, 0.29) is 5.91 Å². The zero-order valence-electron chi connectivity index (χ0n) is 11.2. The van der Waals surface area contributed by atoms with E-state index in [1.807, 2.05) is 36.1 Å². The minimum absolute atomic E-state index is 0.0300. The zero-order valence-corrected chi connectivity index (χ0v) is 12.1. The molecule has 0 unspecified atom stereocenters. The van der Waals surface area contributed by atoms with Crippen molar-refractivity contribution in [2.75, 3.05) is 5.73 Å². The number of hydrogen-bond donors (Lipinski definition) is 1. The van der Waals surface area contributed by atoms with Crippen molar-refractivity contribution in [2.45, 2.75) is 32.4 Å². The standard InChI is InChI=1S/C14H16N4OS/c1-9-13(20-17-16-9)14(19)18(12-5-6-12)8-10-3-2-4-11(15)7-10/h2-4,7,12H,5-6,8,15H2,1H3. The molecule has 0 bridgehead atoms. The van der Waals surface area contributed by atoms with Gasteiger partial charge in [0, 0.05) is 18.3 Å². The number of carbonyl (C=O) groups is 1. The van der Waals surface area contributed by atoms with Crippen LogP contribution in [-0.2, 0) is 6.54 Å². The van der Waals surface area contributed by atoms with Gasteiger partial charge in [-0.1, -0.05) is 16.6 Å². The monoisotopic (exact) mass is 288 g/mol. The lowest BCUT2D eigenvalue weighted by atomic mass is 10.2. The third-order valence-electron chi connectivity index (χ3n) is 3.40. The molecule has 0 radical (unpaired) electrons. The number of benzene rings is 1. The first kappa shape index (κ1) is 13.1. The molecular weight excluding hydrogens is 272 g/mol. The number of aromatic nitrogens is 2. The molecular formula is C14H16N4OS. The third-order valence-corrected chi connectivity index (χ3v) is 4.21. The van der Waals surface area contributed by atoms with Crippen LogP contribution in [0, 0.1) is 6.92 Å². The number of anilines is 1. The van der Waals surface area contributed by atoms with Gasteiger partial charge in [0.1, 0.15) is 4.88 Å². The van der Waals surface area contributed by atoms with E-state index in [4.69, 9.17) is 5.73 Å². The summed E-state index contributed by atoms with van der Waals surface area (Å²) in [5.74, 6) is 0.0300. The topological polar surface area (TPSA) is 72.1 Å². The molecule has 6 heteroatoms. The van der Waals surface area contributed by atoms with Crippen molar-refractivity contribution in [3.63, 3.8) is 0 Å². The molecule has 1 amide bonds. The summed E-state index contributed by atoms with van der Waals surface area (Å²) in [4.78, 5) is 15.2. The third kappa shape index (κ3) is 2.65. The lowest BCUT2D eigenvalue weighted by molar-refractivity contribution is 0.0734. The number of nitrogens with two attached hydrogens (primary N) is 1. The number of hydrogen-bond acceptors (Lipinski definition) is 5. The number of nitrogens with zero attached hydrogens (tertiary/aromatic N) is 3. The smallest absolute Gasteiger partial charge is 0.268 e. The van der Waals surface area contributed by atoms with Crippen LogP contribution in [-0.4, -0.2) is 26.4 Å². The highest BCUT2D eigenvalue weighted by Gasteiger charge is 2.34. The van der Waals surface area contributed by atoms with Crippen LogP contribution in [0.4, 0.5) is 5.69 Å². The summed E-state index contributed by atoms with van der Waals surface area (Å²) < 4.78 is 3.85. The minimum Gasteiger partial charge on any atom is -0.399 e. The molecule has 1 fully saturated rings. The Labute approximate surface area is 121 Å². The van der Waals surface area contributed by atoms with Crippen LogP contribution in [0.2, 0.25) is 0 Å². The molecule has 1 saturated carbocycles. The summed E-state index contributed by atoms with van der Waals surface area (Å²) in [6, 6.07) is 8.02. The Morgan fingerprint density at radius 2 is 2.30 bits per heavy atom. The minimum atomic E-state index is 0.0300. The van der Waals surface area contributed by atoms with Gasteiger partial charge >= 0.3 is 0 Å². The second kappa shape index (κ2) is 5.20. The van der Waals surface area contributed by atoms with E-state index in [2.05, 4.69) is 9.59 Å². The Hall–Kier alpha value is -1.95. The maximum atomic E-state index is 12.6. The van der Waals surface area contributed by atoms with Gasteiger partial charge in [0.2, 0.25) is 0 Å². The Kier molecular flexibility index (Phi) is 3.40. The first-order chi connectivity index (χ1) is 9.65. The van der Waals surface area contributed by atoms with Crippen molar-refractivity contribution >= 4 is 23.1 Å². The van der Waals surface area contributed by atoms with Crippen LogP contribution >= 0.6 is 11.5 Å². The summed E-state index contributed by atoms with van der Waals surface area (Å²) in [5, 5.41) is 3.92. The molecule has 0 spiro atoms. The molecule has 0 aliphatic heterocycles. The fraction of sp³-hybridized carbons (Fsp3) is 0.357. The second-order valence-electron chi connectivity index (χ2n) is 5.10. The van der Waals surface area contributed by atoms with Gasteiger partial charge < -0.3 is 10.6 Å². The largest absolute Gasteiger partial charge is 0.399 e. The van der Waals surface area contributed by atoms with Crippen molar-refractivity contribution in [3.05, 3.63) is 40.4 Å². The SMILES string of the molecule is Cc1nnsc1C(=O)N(Cc1cccc(N)c1)C1CC1. The van der Waals surface area contributed by atoms with Gasteiger partial charge in [0.15, 0.2) is 0 Å². The van der Waals surface area contributed by atoms with E-state index in [9.17, 15) is 4.79 Å². The van der Waals surface area contributed by atoms with Crippen LogP contribution in [0.5, 0.6) is 0 Å². The Morgan fingerprint density at radius 1 is 1.50 bits per heavy atom. The van der Waals surface area contributed by atoms with Gasteiger partial charge in [-0.3, -0.25) is 4.79 Å². The van der Waals surface area contributed by atoms with E-state index >= 15 is 0 Å². The van der Waals surface area contributed by atoms with Gasteiger partial charge in [0.25, 0.3) is 5.91 Å². The van der Waals surface area contributed by atoms with Gasteiger partial charge in [-0.15, -0.1) is 5.10 Å². The highest BCUT2D eigenvalue weighted by molar-refractivity contribution is 7.07. The van der Waals surface area contributed by atoms with Crippen LogP contribution in [0.15, 0.2) is 24.3 Å². The van der Waals surface area contributed by atoms with Crippen molar-refractivity contribution in [3.8, 4) is 0 Å². The molecule has 2 N–H and O–H groups in total. The summed E-state index contributed by atoms with van der Waals surface area (Å²) in [6.07, 6.45) is 2.14. The Balaban J connectivity index is 1.83. The van der Waals surface area contributed by atoms with Crippen LogP contribution in [0.3, 0.4) is 0 Å². The van der Waals surface area contributed by atoms with Gasteiger partial charge in [-0.2, -0.15) is 0 Å². The highest BCUT2D eigenvalue weighted by Crippen LogP contribution is 2.31. The van der Waals surface area contributed by atoms with E-state index in [1.54, 1.807) is 0 Å². The summed E-state index contributed by atoms with van der Waals surface area (Å²) in [6.45, 7) is 2.41. The maximum Gasteiger partial charge on any atom is 0.268 e. The van der Waals surface area contributed by atoms with E-state index < -0.39 is 0 Å². The predicted molar refractivity (Wildman–Crippen MR) is 78.4 cm³/mol. The van der Waals surface area contributed by atoms with Gasteiger partial charge in [-0.25, -0.2) is 0 Å². The van der Waals surface area contributed by atoms with E-state index in [1.165, 1.54) is 11.5 Å². The lowest BCUT2D eigenvalue weighted by Crippen LogP contribution is -2.32. The molecule has 5 nitrogen and oxygen atoms in total. The van der Waals surface area contributed by atoms with Gasteiger partial charge in [0.05, 0.1) is 5.69 Å². The van der Waals surface area contributed by atoms with Crippen molar-refractivity contribution in [2.24, 2.45) is 0 Å². The average molecular weight is 288 g/mol.